The zero-order chi connectivity index (χ0) is 12.8. The summed E-state index contributed by atoms with van der Waals surface area (Å²) in [6.07, 6.45) is 6.25. The number of benzene rings is 1. The van der Waals surface area contributed by atoms with Gasteiger partial charge in [-0.1, -0.05) is 23.7 Å². The minimum atomic E-state index is -0.133. The van der Waals surface area contributed by atoms with Crippen LogP contribution >= 0.6 is 11.6 Å². The van der Waals surface area contributed by atoms with Crippen LogP contribution in [0.3, 0.4) is 0 Å². The van der Waals surface area contributed by atoms with Crippen molar-refractivity contribution in [1.82, 2.24) is 14.9 Å². The van der Waals surface area contributed by atoms with Gasteiger partial charge in [-0.3, -0.25) is 4.79 Å². The van der Waals surface area contributed by atoms with Crippen molar-refractivity contribution in [3.8, 4) is 0 Å². The van der Waals surface area contributed by atoms with Gasteiger partial charge in [-0.2, -0.15) is 0 Å². The maximum Gasteiger partial charge on any atom is 0.252 e. The Morgan fingerprint density at radius 1 is 1.37 bits per heavy atom. The molecule has 1 heterocycles. The molecule has 0 spiro atoms. The smallest absolute Gasteiger partial charge is 0.252 e. The van der Waals surface area contributed by atoms with E-state index < -0.39 is 0 Å². The second-order valence-electron chi connectivity index (χ2n) is 3.89. The van der Waals surface area contributed by atoms with Gasteiger partial charge in [0, 0.05) is 25.5 Å². The van der Waals surface area contributed by atoms with E-state index in [1.807, 2.05) is 10.8 Å². The summed E-state index contributed by atoms with van der Waals surface area (Å²) in [7, 11) is 0. The second-order valence-corrected chi connectivity index (χ2v) is 4.30. The zero-order valence-electron chi connectivity index (χ0n) is 10.2. The lowest BCUT2D eigenvalue weighted by molar-refractivity contribution is -0.0000121. The van der Waals surface area contributed by atoms with Crippen molar-refractivity contribution in [2.75, 3.05) is 6.54 Å². The summed E-state index contributed by atoms with van der Waals surface area (Å²) in [4.78, 5) is 15.8. The Kier molecular flexibility index (Phi) is 6.39. The highest BCUT2D eigenvalue weighted by molar-refractivity contribution is 6.33. The van der Waals surface area contributed by atoms with Crippen LogP contribution in [0.4, 0.5) is 0 Å². The summed E-state index contributed by atoms with van der Waals surface area (Å²) in [6, 6.07) is 7.03. The van der Waals surface area contributed by atoms with E-state index in [4.69, 9.17) is 11.6 Å². The Morgan fingerprint density at radius 3 is 2.84 bits per heavy atom. The third-order valence-electron chi connectivity index (χ3n) is 2.56. The number of hydrogen-bond acceptors (Lipinski definition) is 2. The predicted molar refractivity (Wildman–Crippen MR) is 70.6 cm³/mol. The van der Waals surface area contributed by atoms with Gasteiger partial charge in [-0.25, -0.2) is 4.98 Å². The van der Waals surface area contributed by atoms with E-state index in [1.165, 1.54) is 0 Å². The zero-order valence-corrected chi connectivity index (χ0v) is 11.7. The first kappa shape index (κ1) is 15.5. The number of halogens is 2. The van der Waals surface area contributed by atoms with Crippen molar-refractivity contribution in [2.45, 2.75) is 13.0 Å². The Balaban J connectivity index is 0.00000180. The SMILES string of the molecule is O=C(NCCCn1ccnc1)c1ccccc1Cl.[Cl-]. The lowest BCUT2D eigenvalue weighted by atomic mass is 10.2. The predicted octanol–water partition coefficient (Wildman–Crippen LogP) is -0.639. The molecular weight excluding hydrogens is 285 g/mol. The van der Waals surface area contributed by atoms with E-state index in [2.05, 4.69) is 10.3 Å². The highest BCUT2D eigenvalue weighted by Gasteiger charge is 2.07. The molecule has 0 saturated heterocycles. The Labute approximate surface area is 123 Å². The number of nitrogens with one attached hydrogen (secondary N) is 1. The minimum Gasteiger partial charge on any atom is -1.00 e. The number of amides is 1. The van der Waals surface area contributed by atoms with Gasteiger partial charge in [-0.15, -0.1) is 0 Å². The molecule has 2 aromatic rings. The third-order valence-corrected chi connectivity index (χ3v) is 2.89. The Bertz CT molecular complexity index is 514. The highest BCUT2D eigenvalue weighted by atomic mass is 35.5. The van der Waals surface area contributed by atoms with Crippen LogP contribution in [0.1, 0.15) is 16.8 Å². The summed E-state index contributed by atoms with van der Waals surface area (Å²) < 4.78 is 1.97. The summed E-state index contributed by atoms with van der Waals surface area (Å²) >= 11 is 5.94. The molecule has 0 atom stereocenters. The Morgan fingerprint density at radius 2 is 2.16 bits per heavy atom. The first-order valence-electron chi connectivity index (χ1n) is 5.76. The van der Waals surface area contributed by atoms with Crippen LogP contribution in [0.5, 0.6) is 0 Å². The number of nitrogens with zero attached hydrogens (tertiary/aromatic N) is 2. The van der Waals surface area contributed by atoms with Crippen molar-refractivity contribution in [3.05, 3.63) is 53.6 Å². The van der Waals surface area contributed by atoms with Gasteiger partial charge in [0.05, 0.1) is 16.9 Å². The molecule has 2 rings (SSSR count). The number of carbonyl (C=O) groups excluding carboxylic acids is 1. The highest BCUT2D eigenvalue weighted by Crippen LogP contribution is 2.14. The summed E-state index contributed by atoms with van der Waals surface area (Å²) in [6.45, 7) is 1.45. The van der Waals surface area contributed by atoms with Gasteiger partial charge >= 0.3 is 0 Å². The summed E-state index contributed by atoms with van der Waals surface area (Å²) in [5.41, 5.74) is 0.516. The summed E-state index contributed by atoms with van der Waals surface area (Å²) in [5, 5.41) is 3.32. The molecule has 1 aromatic heterocycles. The molecule has 0 aliphatic carbocycles. The minimum absolute atomic E-state index is 0. The first-order chi connectivity index (χ1) is 8.77. The number of hydrogen-bond donors (Lipinski definition) is 1. The van der Waals surface area contributed by atoms with Crippen molar-refractivity contribution in [2.24, 2.45) is 0 Å². The van der Waals surface area contributed by atoms with Crippen LogP contribution in [0.15, 0.2) is 43.0 Å². The molecular formula is C13H14Cl2N3O-. The van der Waals surface area contributed by atoms with E-state index in [0.29, 0.717) is 17.1 Å². The van der Waals surface area contributed by atoms with Crippen LogP contribution < -0.4 is 17.7 Å². The van der Waals surface area contributed by atoms with Crippen molar-refractivity contribution < 1.29 is 17.2 Å². The normalized spacial score (nSPS) is 9.74. The van der Waals surface area contributed by atoms with E-state index in [0.717, 1.165) is 13.0 Å². The molecule has 0 radical (unpaired) electrons. The van der Waals surface area contributed by atoms with Crippen LogP contribution in [0.2, 0.25) is 5.02 Å². The average molecular weight is 299 g/mol. The Hall–Kier alpha value is -1.52. The largest absolute Gasteiger partial charge is 1.00 e. The number of rotatable bonds is 5. The number of imidazole rings is 1. The fraction of sp³-hybridized carbons (Fsp3) is 0.231. The maximum atomic E-state index is 11.8. The molecule has 6 heteroatoms. The number of carbonyl (C=O) groups is 1. The molecule has 0 unspecified atom stereocenters. The monoisotopic (exact) mass is 298 g/mol. The van der Waals surface area contributed by atoms with Crippen LogP contribution in [0, 0.1) is 0 Å². The number of aromatic nitrogens is 2. The average Bonchev–Trinajstić information content (AvgIpc) is 2.88. The molecule has 0 saturated carbocycles. The van der Waals surface area contributed by atoms with Crippen LogP contribution in [-0.4, -0.2) is 22.0 Å². The molecule has 0 aliphatic heterocycles. The molecule has 19 heavy (non-hydrogen) atoms. The van der Waals surface area contributed by atoms with Gasteiger partial charge < -0.3 is 22.3 Å². The quantitative estimate of drug-likeness (QED) is 0.747. The second kappa shape index (κ2) is 7.81. The lowest BCUT2D eigenvalue weighted by Crippen LogP contribution is -3.00. The molecule has 1 amide bonds. The lowest BCUT2D eigenvalue weighted by Gasteiger charge is -2.06. The number of aryl methyl sites for hydroxylation is 1. The summed E-state index contributed by atoms with van der Waals surface area (Å²) in [5.74, 6) is -0.133. The van der Waals surface area contributed by atoms with Crippen molar-refractivity contribution >= 4 is 17.5 Å². The van der Waals surface area contributed by atoms with E-state index in [-0.39, 0.29) is 18.3 Å². The van der Waals surface area contributed by atoms with Gasteiger partial charge in [0.2, 0.25) is 0 Å². The van der Waals surface area contributed by atoms with Gasteiger partial charge in [-0.05, 0) is 18.6 Å². The maximum absolute atomic E-state index is 11.8. The van der Waals surface area contributed by atoms with Crippen molar-refractivity contribution in [1.29, 1.82) is 0 Å². The van der Waals surface area contributed by atoms with Gasteiger partial charge in [0.25, 0.3) is 5.91 Å². The van der Waals surface area contributed by atoms with E-state index in [1.54, 1.807) is 36.8 Å². The van der Waals surface area contributed by atoms with Gasteiger partial charge in [0.15, 0.2) is 0 Å². The molecule has 0 fully saturated rings. The fourth-order valence-corrected chi connectivity index (χ4v) is 1.84. The molecule has 102 valence electrons. The topological polar surface area (TPSA) is 46.9 Å². The molecule has 0 bridgehead atoms. The first-order valence-corrected chi connectivity index (χ1v) is 6.13. The van der Waals surface area contributed by atoms with Crippen LogP contribution in [-0.2, 0) is 6.54 Å². The van der Waals surface area contributed by atoms with E-state index >= 15 is 0 Å². The molecule has 4 nitrogen and oxygen atoms in total. The fourth-order valence-electron chi connectivity index (χ4n) is 1.62. The molecule has 0 aliphatic rings. The standard InChI is InChI=1S/C13H14ClN3O.ClH/c14-12-5-2-1-4-11(12)13(18)16-6-3-8-17-9-7-15-10-17;/h1-2,4-5,7,9-10H,3,6,8H2,(H,16,18);1H/p-1. The van der Waals surface area contributed by atoms with Crippen molar-refractivity contribution in [3.63, 3.8) is 0 Å². The van der Waals surface area contributed by atoms with Crippen LogP contribution in [0.25, 0.3) is 0 Å². The molecule has 1 aromatic carbocycles. The van der Waals surface area contributed by atoms with E-state index in [9.17, 15) is 4.79 Å². The van der Waals surface area contributed by atoms with Gasteiger partial charge in [0.1, 0.15) is 0 Å². The molecule has 1 N–H and O–H groups in total. The third kappa shape index (κ3) is 4.58.